The van der Waals surface area contributed by atoms with E-state index in [0.29, 0.717) is 0 Å². The number of hydrogen-bond donors (Lipinski definition) is 0. The molecule has 1 rings (SSSR count). The highest BCUT2D eigenvalue weighted by Gasteiger charge is 2.15. The molecule has 1 heterocycles. The van der Waals surface area contributed by atoms with Gasteiger partial charge in [0.2, 0.25) is 0 Å². The second-order valence-electron chi connectivity index (χ2n) is 6.02. The molecular weight excluding hydrogens is 240 g/mol. The standard InChI is InChI=1S/C15H30O2Si/c1-4-18(2,3)14-10-6-5-8-12-16-15-11-7-9-13-17-15/h4,15H,1,5-14H2,2-3H3. The normalized spacial score (nSPS) is 20.9. The minimum Gasteiger partial charge on any atom is -0.353 e. The zero-order valence-electron chi connectivity index (χ0n) is 12.2. The molecule has 18 heavy (non-hydrogen) atoms. The molecule has 0 aromatic heterocycles. The highest BCUT2D eigenvalue weighted by molar-refractivity contribution is 6.82. The van der Waals surface area contributed by atoms with E-state index in [0.717, 1.165) is 19.6 Å². The van der Waals surface area contributed by atoms with Gasteiger partial charge in [0, 0.05) is 13.2 Å². The summed E-state index contributed by atoms with van der Waals surface area (Å²) in [5, 5.41) is 0. The first-order valence-electron chi connectivity index (χ1n) is 7.51. The predicted octanol–water partition coefficient (Wildman–Crippen LogP) is 4.52. The maximum absolute atomic E-state index is 5.72. The Morgan fingerprint density at radius 2 is 2.00 bits per heavy atom. The van der Waals surface area contributed by atoms with Crippen LogP contribution in [0.1, 0.15) is 44.9 Å². The molecule has 0 aliphatic carbocycles. The van der Waals surface area contributed by atoms with Crippen LogP contribution in [0.4, 0.5) is 0 Å². The van der Waals surface area contributed by atoms with Gasteiger partial charge in [-0.25, -0.2) is 0 Å². The summed E-state index contributed by atoms with van der Waals surface area (Å²) in [6.07, 6.45) is 8.77. The van der Waals surface area contributed by atoms with E-state index < -0.39 is 8.07 Å². The highest BCUT2D eigenvalue weighted by Crippen LogP contribution is 2.17. The summed E-state index contributed by atoms with van der Waals surface area (Å²) in [7, 11) is -1.06. The molecule has 0 aromatic rings. The number of ether oxygens (including phenoxy) is 2. The lowest BCUT2D eigenvalue weighted by atomic mass is 10.2. The van der Waals surface area contributed by atoms with Crippen molar-refractivity contribution in [3.05, 3.63) is 12.3 Å². The van der Waals surface area contributed by atoms with E-state index in [9.17, 15) is 0 Å². The molecule has 1 unspecified atom stereocenters. The predicted molar refractivity (Wildman–Crippen MR) is 80.5 cm³/mol. The molecule has 3 heteroatoms. The van der Waals surface area contributed by atoms with Crippen molar-refractivity contribution in [2.24, 2.45) is 0 Å². The van der Waals surface area contributed by atoms with Crippen LogP contribution >= 0.6 is 0 Å². The molecule has 1 atom stereocenters. The summed E-state index contributed by atoms with van der Waals surface area (Å²) in [4.78, 5) is 0. The van der Waals surface area contributed by atoms with Gasteiger partial charge in [-0.2, -0.15) is 0 Å². The van der Waals surface area contributed by atoms with Crippen LogP contribution in [0.3, 0.4) is 0 Å². The average Bonchev–Trinajstić information content (AvgIpc) is 2.39. The number of hydrogen-bond acceptors (Lipinski definition) is 2. The van der Waals surface area contributed by atoms with Crippen LogP contribution in [0.2, 0.25) is 19.1 Å². The Bertz CT molecular complexity index is 223. The molecule has 0 aromatic carbocycles. The fraction of sp³-hybridized carbons (Fsp3) is 0.867. The molecule has 0 bridgehead atoms. The minimum atomic E-state index is -1.06. The van der Waals surface area contributed by atoms with Crippen LogP contribution in [0.25, 0.3) is 0 Å². The van der Waals surface area contributed by atoms with Gasteiger partial charge >= 0.3 is 0 Å². The Kier molecular flexibility index (Phi) is 7.87. The molecule has 0 radical (unpaired) electrons. The van der Waals surface area contributed by atoms with E-state index >= 15 is 0 Å². The topological polar surface area (TPSA) is 18.5 Å². The molecule has 1 aliphatic heterocycles. The number of rotatable bonds is 9. The molecule has 0 spiro atoms. The van der Waals surface area contributed by atoms with Crippen molar-refractivity contribution in [2.75, 3.05) is 13.2 Å². The van der Waals surface area contributed by atoms with Crippen molar-refractivity contribution < 1.29 is 9.47 Å². The highest BCUT2D eigenvalue weighted by atomic mass is 28.3. The van der Waals surface area contributed by atoms with Crippen LogP contribution in [0.5, 0.6) is 0 Å². The molecule has 0 saturated carbocycles. The smallest absolute Gasteiger partial charge is 0.157 e. The zero-order chi connectivity index (χ0) is 13.3. The first-order valence-corrected chi connectivity index (χ1v) is 10.8. The molecule has 0 N–H and O–H groups in total. The van der Waals surface area contributed by atoms with Gasteiger partial charge in [0.15, 0.2) is 6.29 Å². The molecule has 2 nitrogen and oxygen atoms in total. The van der Waals surface area contributed by atoms with Gasteiger partial charge in [0.1, 0.15) is 0 Å². The van der Waals surface area contributed by atoms with Crippen LogP contribution in [0.15, 0.2) is 12.3 Å². The largest absolute Gasteiger partial charge is 0.353 e. The van der Waals surface area contributed by atoms with E-state index in [2.05, 4.69) is 25.4 Å². The van der Waals surface area contributed by atoms with Crippen molar-refractivity contribution in [3.63, 3.8) is 0 Å². The van der Waals surface area contributed by atoms with Crippen molar-refractivity contribution in [3.8, 4) is 0 Å². The molecular formula is C15H30O2Si. The van der Waals surface area contributed by atoms with Gasteiger partial charge < -0.3 is 9.47 Å². The van der Waals surface area contributed by atoms with Crippen LogP contribution in [-0.4, -0.2) is 27.6 Å². The fourth-order valence-corrected chi connectivity index (χ4v) is 3.56. The van der Waals surface area contributed by atoms with Crippen molar-refractivity contribution >= 4 is 8.07 Å². The van der Waals surface area contributed by atoms with Gasteiger partial charge in [-0.15, -0.1) is 12.3 Å². The van der Waals surface area contributed by atoms with Crippen molar-refractivity contribution in [1.82, 2.24) is 0 Å². The third kappa shape index (κ3) is 7.34. The second-order valence-corrected chi connectivity index (χ2v) is 10.9. The Morgan fingerprint density at radius 3 is 2.67 bits per heavy atom. The van der Waals surface area contributed by atoms with Crippen LogP contribution in [0, 0.1) is 0 Å². The molecule has 106 valence electrons. The maximum atomic E-state index is 5.72. The molecule has 1 fully saturated rings. The van der Waals surface area contributed by atoms with E-state index in [1.54, 1.807) is 0 Å². The summed E-state index contributed by atoms with van der Waals surface area (Å²) in [5.74, 6) is 0. The lowest BCUT2D eigenvalue weighted by Crippen LogP contribution is -2.22. The molecule has 0 amide bonds. The third-order valence-electron chi connectivity index (χ3n) is 3.71. The van der Waals surface area contributed by atoms with E-state index in [4.69, 9.17) is 9.47 Å². The molecule has 1 saturated heterocycles. The summed E-state index contributed by atoms with van der Waals surface area (Å²) in [5.41, 5.74) is 2.20. The van der Waals surface area contributed by atoms with E-state index in [-0.39, 0.29) is 6.29 Å². The van der Waals surface area contributed by atoms with Gasteiger partial charge in [-0.1, -0.05) is 38.4 Å². The average molecular weight is 270 g/mol. The first kappa shape index (κ1) is 15.9. The Labute approximate surface area is 114 Å². The Balaban J connectivity index is 1.88. The number of unbranched alkanes of at least 4 members (excludes halogenated alkanes) is 3. The summed E-state index contributed by atoms with van der Waals surface area (Å²) in [6, 6.07) is 1.38. The Hall–Kier alpha value is -0.123. The van der Waals surface area contributed by atoms with Crippen molar-refractivity contribution in [1.29, 1.82) is 0 Å². The SMILES string of the molecule is C=C[Si](C)(C)CCCCCCOC1CCCCO1. The monoisotopic (exact) mass is 270 g/mol. The maximum Gasteiger partial charge on any atom is 0.157 e. The minimum absolute atomic E-state index is 0.0888. The lowest BCUT2D eigenvalue weighted by Gasteiger charge is -2.22. The first-order chi connectivity index (χ1) is 8.64. The van der Waals surface area contributed by atoms with E-state index in [1.807, 2.05) is 0 Å². The van der Waals surface area contributed by atoms with Gasteiger partial charge in [-0.3, -0.25) is 0 Å². The summed E-state index contributed by atoms with van der Waals surface area (Å²) in [6.45, 7) is 10.5. The summed E-state index contributed by atoms with van der Waals surface area (Å²) >= 11 is 0. The van der Waals surface area contributed by atoms with Crippen LogP contribution in [-0.2, 0) is 9.47 Å². The Morgan fingerprint density at radius 1 is 1.22 bits per heavy atom. The summed E-state index contributed by atoms with van der Waals surface area (Å²) < 4.78 is 11.3. The van der Waals surface area contributed by atoms with Gasteiger partial charge in [0.05, 0.1) is 8.07 Å². The third-order valence-corrected chi connectivity index (χ3v) is 6.46. The van der Waals surface area contributed by atoms with Crippen molar-refractivity contribution in [2.45, 2.75) is 70.4 Å². The van der Waals surface area contributed by atoms with Gasteiger partial charge in [-0.05, 0) is 25.7 Å². The zero-order valence-corrected chi connectivity index (χ0v) is 13.2. The van der Waals surface area contributed by atoms with E-state index in [1.165, 1.54) is 44.6 Å². The van der Waals surface area contributed by atoms with Crippen LogP contribution < -0.4 is 0 Å². The molecule has 1 aliphatic rings. The quantitative estimate of drug-likeness (QED) is 0.453. The lowest BCUT2D eigenvalue weighted by molar-refractivity contribution is -0.162. The van der Waals surface area contributed by atoms with Gasteiger partial charge in [0.25, 0.3) is 0 Å². The second kappa shape index (κ2) is 8.89. The fourth-order valence-electron chi connectivity index (χ4n) is 2.20.